The number of halogens is 1. The van der Waals surface area contributed by atoms with Crippen LogP contribution >= 0.6 is 0 Å². The number of amides is 1. The summed E-state index contributed by atoms with van der Waals surface area (Å²) in [6.45, 7) is 2.08. The van der Waals surface area contributed by atoms with Crippen LogP contribution in [-0.4, -0.2) is 41.7 Å². The molecule has 1 aliphatic carbocycles. The molecule has 9 heteroatoms. The zero-order valence-electron chi connectivity index (χ0n) is 19.4. The van der Waals surface area contributed by atoms with E-state index >= 15 is 0 Å². The van der Waals surface area contributed by atoms with E-state index < -0.39 is 9.84 Å². The third-order valence-electron chi connectivity index (χ3n) is 7.13. The molecule has 0 spiro atoms. The van der Waals surface area contributed by atoms with Crippen LogP contribution in [0.3, 0.4) is 0 Å². The van der Waals surface area contributed by atoms with Crippen molar-refractivity contribution in [2.24, 2.45) is 5.92 Å². The van der Waals surface area contributed by atoms with Gasteiger partial charge in [0.2, 0.25) is 5.91 Å². The average Bonchev–Trinajstić information content (AvgIpc) is 3.56. The molecule has 1 atom stereocenters. The van der Waals surface area contributed by atoms with Gasteiger partial charge < -0.3 is 9.64 Å². The number of rotatable bonds is 5. The molecule has 35 heavy (non-hydrogen) atoms. The Morgan fingerprint density at radius 2 is 1.83 bits per heavy atom. The van der Waals surface area contributed by atoms with E-state index in [0.717, 1.165) is 48.1 Å². The Hall–Kier alpha value is -3.20. The van der Waals surface area contributed by atoms with Gasteiger partial charge in [-0.15, -0.1) is 0 Å². The predicted octanol–water partition coefficient (Wildman–Crippen LogP) is 4.53. The van der Waals surface area contributed by atoms with E-state index in [1.54, 1.807) is 23.0 Å². The fourth-order valence-electron chi connectivity index (χ4n) is 5.00. The molecule has 1 unspecified atom stereocenters. The molecule has 1 aromatic heterocycles. The molecule has 0 N–H and O–H groups in total. The Labute approximate surface area is 203 Å². The summed E-state index contributed by atoms with van der Waals surface area (Å²) in [7, 11) is -2.97. The second kappa shape index (κ2) is 8.19. The van der Waals surface area contributed by atoms with Gasteiger partial charge in [0.25, 0.3) is 0 Å². The monoisotopic (exact) mass is 495 g/mol. The number of carbonyl (C=O) groups excluding carboxylic acids is 1. The number of anilines is 1. The molecule has 2 aliphatic heterocycles. The van der Waals surface area contributed by atoms with Crippen LogP contribution < -0.4 is 9.64 Å². The van der Waals surface area contributed by atoms with Crippen LogP contribution in [0.2, 0.25) is 0 Å². The zero-order chi connectivity index (χ0) is 24.3. The molecule has 3 aliphatic rings. The van der Waals surface area contributed by atoms with Crippen molar-refractivity contribution in [2.75, 3.05) is 16.4 Å². The highest BCUT2D eigenvalue weighted by Crippen LogP contribution is 2.46. The molecule has 2 fully saturated rings. The van der Waals surface area contributed by atoms with E-state index in [0.29, 0.717) is 11.5 Å². The fourth-order valence-corrected chi connectivity index (χ4v) is 6.38. The number of carbonyl (C=O) groups is 1. The van der Waals surface area contributed by atoms with Gasteiger partial charge in [0.15, 0.2) is 9.84 Å². The van der Waals surface area contributed by atoms with Crippen LogP contribution in [0.4, 0.5) is 10.1 Å². The summed E-state index contributed by atoms with van der Waals surface area (Å²) in [6, 6.07) is 9.71. The molecule has 1 amide bonds. The number of fused-ring (bicyclic) bond motifs is 1. The van der Waals surface area contributed by atoms with Crippen LogP contribution in [0.25, 0.3) is 11.1 Å². The summed E-state index contributed by atoms with van der Waals surface area (Å²) in [4.78, 5) is 15.1. The highest BCUT2D eigenvalue weighted by molar-refractivity contribution is 7.92. The van der Waals surface area contributed by atoms with Crippen LogP contribution in [0.15, 0.2) is 48.8 Å². The minimum Gasteiger partial charge on any atom is -0.456 e. The molecular weight excluding hydrogens is 469 g/mol. The van der Waals surface area contributed by atoms with Gasteiger partial charge in [0.1, 0.15) is 17.3 Å². The summed E-state index contributed by atoms with van der Waals surface area (Å²) in [5, 5.41) is 4.42. The molecule has 3 aromatic rings. The van der Waals surface area contributed by atoms with Crippen molar-refractivity contribution in [1.82, 2.24) is 9.78 Å². The van der Waals surface area contributed by atoms with Crippen molar-refractivity contribution in [1.29, 1.82) is 0 Å². The molecule has 0 radical (unpaired) electrons. The van der Waals surface area contributed by atoms with Gasteiger partial charge in [-0.1, -0.05) is 0 Å². The standard InChI is InChI=1S/C26H26FN3O4S/c1-16-2-9-23-24(30(16)26(31)17-3-4-17)11-10-22(25(23)34-21-7-5-19(27)6-8-21)18-12-28-29(13-18)20-14-35(32,33)15-20/h5-8,10-13,16-17,20H,2-4,9,14-15H2,1H3. The number of sulfone groups is 1. The van der Waals surface area contributed by atoms with Crippen LogP contribution in [-0.2, 0) is 21.1 Å². The normalized spacial score (nSPS) is 21.3. The predicted molar refractivity (Wildman–Crippen MR) is 130 cm³/mol. The SMILES string of the molecule is CC1CCc2c(ccc(-c3cnn(C4CS(=O)(=O)C4)c3)c2Oc2ccc(F)cc2)N1C(=O)C1CC1. The van der Waals surface area contributed by atoms with Gasteiger partial charge in [-0.3, -0.25) is 9.48 Å². The molecule has 1 saturated carbocycles. The smallest absolute Gasteiger partial charge is 0.230 e. The topological polar surface area (TPSA) is 81.5 Å². The minimum atomic E-state index is -2.97. The number of aromatic nitrogens is 2. The molecule has 7 nitrogen and oxygen atoms in total. The van der Waals surface area contributed by atoms with E-state index in [9.17, 15) is 17.6 Å². The molecule has 2 aromatic carbocycles. The molecule has 3 heterocycles. The Bertz CT molecular complexity index is 1400. The third-order valence-corrected chi connectivity index (χ3v) is 8.91. The number of hydrogen-bond acceptors (Lipinski definition) is 5. The van der Waals surface area contributed by atoms with E-state index in [1.165, 1.54) is 12.1 Å². The van der Waals surface area contributed by atoms with Crippen LogP contribution in [0.1, 0.15) is 37.8 Å². The van der Waals surface area contributed by atoms with Gasteiger partial charge in [-0.25, -0.2) is 12.8 Å². The molecule has 6 rings (SSSR count). The van der Waals surface area contributed by atoms with Crippen molar-refractivity contribution < 1.29 is 22.3 Å². The van der Waals surface area contributed by atoms with Crippen molar-refractivity contribution >= 4 is 21.4 Å². The maximum Gasteiger partial charge on any atom is 0.230 e. The largest absolute Gasteiger partial charge is 0.456 e. The Balaban J connectivity index is 1.43. The van der Waals surface area contributed by atoms with E-state index in [4.69, 9.17) is 4.74 Å². The maximum atomic E-state index is 13.5. The van der Waals surface area contributed by atoms with E-state index in [-0.39, 0.29) is 41.2 Å². The summed E-state index contributed by atoms with van der Waals surface area (Å²) < 4.78 is 44.9. The summed E-state index contributed by atoms with van der Waals surface area (Å²) >= 11 is 0. The average molecular weight is 496 g/mol. The van der Waals surface area contributed by atoms with Gasteiger partial charge >= 0.3 is 0 Å². The quantitative estimate of drug-likeness (QED) is 0.520. The molecule has 1 saturated heterocycles. The first-order valence-electron chi connectivity index (χ1n) is 12.0. The first-order valence-corrected chi connectivity index (χ1v) is 13.8. The lowest BCUT2D eigenvalue weighted by Gasteiger charge is -2.36. The Morgan fingerprint density at radius 1 is 1.09 bits per heavy atom. The third kappa shape index (κ3) is 4.11. The minimum absolute atomic E-state index is 0.0906. The van der Waals surface area contributed by atoms with Crippen molar-refractivity contribution in [3.63, 3.8) is 0 Å². The first kappa shape index (κ1) is 22.3. The van der Waals surface area contributed by atoms with Gasteiger partial charge in [-0.05, 0) is 69.0 Å². The second-order valence-electron chi connectivity index (χ2n) is 9.81. The summed E-state index contributed by atoms with van der Waals surface area (Å²) in [6.07, 6.45) is 6.98. The van der Waals surface area contributed by atoms with Crippen LogP contribution in [0.5, 0.6) is 11.5 Å². The fraction of sp³-hybridized carbons (Fsp3) is 0.385. The number of ether oxygens (including phenoxy) is 1. The van der Waals surface area contributed by atoms with Crippen molar-refractivity contribution in [3.8, 4) is 22.6 Å². The highest BCUT2D eigenvalue weighted by Gasteiger charge is 2.39. The second-order valence-corrected chi connectivity index (χ2v) is 12.0. The lowest BCUT2D eigenvalue weighted by Crippen LogP contribution is -2.43. The number of benzene rings is 2. The Kier molecular flexibility index (Phi) is 5.21. The van der Waals surface area contributed by atoms with E-state index in [1.807, 2.05) is 23.2 Å². The molecule has 0 bridgehead atoms. The van der Waals surface area contributed by atoms with E-state index in [2.05, 4.69) is 12.0 Å². The zero-order valence-corrected chi connectivity index (χ0v) is 20.2. The maximum absolute atomic E-state index is 13.5. The first-order chi connectivity index (χ1) is 16.8. The lowest BCUT2D eigenvalue weighted by atomic mass is 9.92. The summed E-state index contributed by atoms with van der Waals surface area (Å²) in [5.41, 5.74) is 3.40. The number of hydrogen-bond donors (Lipinski definition) is 0. The Morgan fingerprint density at radius 3 is 2.51 bits per heavy atom. The van der Waals surface area contributed by atoms with Gasteiger partial charge in [0.05, 0.1) is 29.4 Å². The summed E-state index contributed by atoms with van der Waals surface area (Å²) in [5.74, 6) is 1.22. The van der Waals surface area contributed by atoms with Gasteiger partial charge in [0, 0.05) is 34.8 Å². The van der Waals surface area contributed by atoms with Crippen molar-refractivity contribution in [3.05, 3.63) is 60.2 Å². The molecule has 182 valence electrons. The van der Waals surface area contributed by atoms with Crippen LogP contribution in [0, 0.1) is 11.7 Å². The van der Waals surface area contributed by atoms with Gasteiger partial charge in [-0.2, -0.15) is 5.10 Å². The number of nitrogens with zero attached hydrogens (tertiary/aromatic N) is 3. The highest BCUT2D eigenvalue weighted by atomic mass is 32.2. The lowest BCUT2D eigenvalue weighted by molar-refractivity contribution is -0.120. The van der Waals surface area contributed by atoms with Crippen molar-refractivity contribution in [2.45, 2.75) is 44.7 Å². The molecular formula is C26H26FN3O4S.